The highest BCUT2D eigenvalue weighted by Gasteiger charge is 2.42. The lowest BCUT2D eigenvalue weighted by molar-refractivity contribution is -0.138. The molecule has 0 atom stereocenters. The number of amides is 1. The van der Waals surface area contributed by atoms with Crippen LogP contribution in [-0.2, 0) is 14.8 Å². The van der Waals surface area contributed by atoms with Crippen LogP contribution in [0.4, 0.5) is 0 Å². The minimum Gasteiger partial charge on any atom is -0.342 e. The van der Waals surface area contributed by atoms with Crippen LogP contribution in [0, 0.1) is 5.41 Å². The highest BCUT2D eigenvalue weighted by Crippen LogP contribution is 2.40. The zero-order valence-corrected chi connectivity index (χ0v) is 12.7. The van der Waals surface area contributed by atoms with Gasteiger partial charge >= 0.3 is 0 Å². The lowest BCUT2D eigenvalue weighted by Crippen LogP contribution is -2.52. The quantitative estimate of drug-likeness (QED) is 0.780. The number of sulfonamides is 1. The zero-order chi connectivity index (χ0) is 14.1. The summed E-state index contributed by atoms with van der Waals surface area (Å²) in [7, 11) is -3.05. The van der Waals surface area contributed by atoms with Gasteiger partial charge in [0.15, 0.2) is 0 Å². The van der Waals surface area contributed by atoms with Crippen molar-refractivity contribution in [3.05, 3.63) is 0 Å². The van der Waals surface area contributed by atoms with Gasteiger partial charge in [0, 0.05) is 32.6 Å². The van der Waals surface area contributed by atoms with E-state index in [1.807, 2.05) is 11.8 Å². The summed E-state index contributed by atoms with van der Waals surface area (Å²) in [6.07, 6.45) is 3.31. The molecule has 0 aromatic heterocycles. The number of nitrogens with zero attached hydrogens (tertiary/aromatic N) is 2. The molecule has 2 saturated heterocycles. The van der Waals surface area contributed by atoms with Gasteiger partial charge in [0.2, 0.25) is 15.9 Å². The van der Waals surface area contributed by atoms with Crippen LogP contribution in [-0.4, -0.2) is 55.5 Å². The van der Waals surface area contributed by atoms with E-state index in [1.165, 1.54) is 0 Å². The molecule has 0 saturated carbocycles. The third-order valence-electron chi connectivity index (χ3n) is 4.67. The average Bonchev–Trinajstić information content (AvgIpc) is 2.42. The first-order valence-corrected chi connectivity index (χ1v) is 8.79. The Kier molecular flexibility index (Phi) is 4.20. The molecule has 0 aromatic carbocycles. The molecule has 110 valence electrons. The Morgan fingerprint density at radius 3 is 2.32 bits per heavy atom. The maximum absolute atomic E-state index is 11.9. The normalized spacial score (nSPS) is 24.9. The van der Waals surface area contributed by atoms with E-state index in [0.717, 1.165) is 32.4 Å². The molecule has 0 aliphatic carbocycles. The number of carbonyl (C=O) groups excluding carboxylic acids is 1. The Morgan fingerprint density at radius 2 is 1.79 bits per heavy atom. The van der Waals surface area contributed by atoms with Gasteiger partial charge in [-0.05, 0) is 38.5 Å². The molecule has 1 spiro atoms. The summed E-state index contributed by atoms with van der Waals surface area (Å²) in [6, 6.07) is 0. The Hall–Kier alpha value is -0.620. The van der Waals surface area contributed by atoms with Gasteiger partial charge in [0.1, 0.15) is 0 Å². The lowest BCUT2D eigenvalue weighted by atomic mass is 9.73. The van der Waals surface area contributed by atoms with Crippen molar-refractivity contribution in [2.45, 2.75) is 39.5 Å². The number of carbonyl (C=O) groups is 1. The van der Waals surface area contributed by atoms with Gasteiger partial charge in [-0.15, -0.1) is 0 Å². The lowest BCUT2D eigenvalue weighted by Gasteiger charge is -2.46. The van der Waals surface area contributed by atoms with Crippen LogP contribution in [0.2, 0.25) is 0 Å². The van der Waals surface area contributed by atoms with Crippen molar-refractivity contribution in [3.63, 3.8) is 0 Å². The highest BCUT2D eigenvalue weighted by molar-refractivity contribution is 7.89. The number of hydrogen-bond acceptors (Lipinski definition) is 3. The molecule has 19 heavy (non-hydrogen) atoms. The number of hydrogen-bond donors (Lipinski definition) is 0. The molecule has 2 aliphatic rings. The second-order valence-electron chi connectivity index (χ2n) is 5.71. The van der Waals surface area contributed by atoms with Crippen molar-refractivity contribution in [2.24, 2.45) is 5.41 Å². The Bertz CT molecular complexity index is 439. The van der Waals surface area contributed by atoms with Crippen LogP contribution in [0.1, 0.15) is 39.5 Å². The minimum absolute atomic E-state index is 0.156. The topological polar surface area (TPSA) is 57.7 Å². The fraction of sp³-hybridized carbons (Fsp3) is 0.923. The van der Waals surface area contributed by atoms with Gasteiger partial charge in [-0.1, -0.05) is 0 Å². The van der Waals surface area contributed by atoms with Gasteiger partial charge in [-0.25, -0.2) is 12.7 Å². The summed E-state index contributed by atoms with van der Waals surface area (Å²) < 4.78 is 25.3. The number of likely N-dealkylation sites (tertiary alicyclic amines) is 1. The van der Waals surface area contributed by atoms with E-state index in [9.17, 15) is 13.2 Å². The molecular formula is C13H24N2O3S. The predicted octanol–water partition coefficient (Wildman–Crippen LogP) is 1.06. The zero-order valence-electron chi connectivity index (χ0n) is 11.9. The molecule has 2 rings (SSSR count). The third kappa shape index (κ3) is 2.94. The standard InChI is InChI=1S/C13H24N2O3S/c1-3-14-11-13(6-5-12(14)16)7-9-15(10-8-13)19(17,18)4-2/h3-11H2,1-2H3. The van der Waals surface area contributed by atoms with E-state index in [-0.39, 0.29) is 17.1 Å². The van der Waals surface area contributed by atoms with E-state index in [2.05, 4.69) is 0 Å². The van der Waals surface area contributed by atoms with Crippen LogP contribution < -0.4 is 0 Å². The number of rotatable bonds is 3. The van der Waals surface area contributed by atoms with Gasteiger partial charge in [-0.3, -0.25) is 4.79 Å². The Morgan fingerprint density at radius 1 is 1.16 bits per heavy atom. The van der Waals surface area contributed by atoms with E-state index in [0.29, 0.717) is 19.5 Å². The fourth-order valence-electron chi connectivity index (χ4n) is 3.22. The monoisotopic (exact) mass is 288 g/mol. The van der Waals surface area contributed by atoms with Crippen LogP contribution in [0.3, 0.4) is 0 Å². The maximum atomic E-state index is 11.9. The van der Waals surface area contributed by atoms with Gasteiger partial charge < -0.3 is 4.90 Å². The Balaban J connectivity index is 2.01. The minimum atomic E-state index is -3.05. The average molecular weight is 288 g/mol. The maximum Gasteiger partial charge on any atom is 0.222 e. The van der Waals surface area contributed by atoms with E-state index in [4.69, 9.17) is 0 Å². The molecule has 0 aromatic rings. The molecular weight excluding hydrogens is 264 g/mol. The fourth-order valence-corrected chi connectivity index (χ4v) is 4.32. The number of piperidine rings is 2. The van der Waals surface area contributed by atoms with Gasteiger partial charge in [-0.2, -0.15) is 0 Å². The van der Waals surface area contributed by atoms with Crippen molar-refractivity contribution in [1.82, 2.24) is 9.21 Å². The Labute approximate surface area is 116 Å². The van der Waals surface area contributed by atoms with Crippen molar-refractivity contribution in [2.75, 3.05) is 31.9 Å². The summed E-state index contributed by atoms with van der Waals surface area (Å²) in [5.74, 6) is 0.427. The molecule has 0 radical (unpaired) electrons. The van der Waals surface area contributed by atoms with Crippen molar-refractivity contribution >= 4 is 15.9 Å². The second-order valence-corrected chi connectivity index (χ2v) is 7.97. The van der Waals surface area contributed by atoms with Crippen molar-refractivity contribution in [3.8, 4) is 0 Å². The van der Waals surface area contributed by atoms with Gasteiger partial charge in [0.25, 0.3) is 0 Å². The first kappa shape index (κ1) is 14.8. The van der Waals surface area contributed by atoms with Crippen LogP contribution in [0.25, 0.3) is 0 Å². The first-order chi connectivity index (χ1) is 8.92. The second kappa shape index (κ2) is 5.40. The molecule has 2 aliphatic heterocycles. The molecule has 6 heteroatoms. The third-order valence-corrected chi connectivity index (χ3v) is 6.55. The molecule has 2 fully saturated rings. The summed E-state index contributed by atoms with van der Waals surface area (Å²) in [5.41, 5.74) is 0.156. The summed E-state index contributed by atoms with van der Waals surface area (Å²) in [5, 5.41) is 0. The first-order valence-electron chi connectivity index (χ1n) is 7.18. The van der Waals surface area contributed by atoms with Crippen molar-refractivity contribution in [1.29, 1.82) is 0 Å². The van der Waals surface area contributed by atoms with Crippen LogP contribution in [0.5, 0.6) is 0 Å². The summed E-state index contributed by atoms with van der Waals surface area (Å²) >= 11 is 0. The molecule has 0 N–H and O–H groups in total. The van der Waals surface area contributed by atoms with E-state index >= 15 is 0 Å². The molecule has 0 bridgehead atoms. The predicted molar refractivity (Wildman–Crippen MR) is 74.2 cm³/mol. The van der Waals surface area contributed by atoms with E-state index < -0.39 is 10.0 Å². The highest BCUT2D eigenvalue weighted by atomic mass is 32.2. The summed E-state index contributed by atoms with van der Waals surface area (Å²) in [4.78, 5) is 13.7. The molecule has 2 heterocycles. The summed E-state index contributed by atoms with van der Waals surface area (Å²) in [6.45, 7) is 6.50. The van der Waals surface area contributed by atoms with E-state index in [1.54, 1.807) is 11.2 Å². The van der Waals surface area contributed by atoms with Crippen LogP contribution in [0.15, 0.2) is 0 Å². The smallest absolute Gasteiger partial charge is 0.222 e. The molecule has 0 unspecified atom stereocenters. The molecule has 1 amide bonds. The largest absolute Gasteiger partial charge is 0.342 e. The van der Waals surface area contributed by atoms with Crippen LogP contribution >= 0.6 is 0 Å². The molecule has 5 nitrogen and oxygen atoms in total. The van der Waals surface area contributed by atoms with Gasteiger partial charge in [0.05, 0.1) is 5.75 Å². The van der Waals surface area contributed by atoms with Crippen molar-refractivity contribution < 1.29 is 13.2 Å². The SMILES string of the molecule is CCN1CC2(CCC1=O)CCN(S(=O)(=O)CC)CC2.